The highest BCUT2D eigenvalue weighted by Gasteiger charge is 2.25. The van der Waals surface area contributed by atoms with Crippen molar-refractivity contribution in [2.45, 2.75) is 0 Å². The van der Waals surface area contributed by atoms with Gasteiger partial charge in [0.15, 0.2) is 0 Å². The second-order valence-corrected chi connectivity index (χ2v) is 16.6. The zero-order chi connectivity index (χ0) is 41.4. The van der Waals surface area contributed by atoms with Crippen molar-refractivity contribution < 1.29 is 0 Å². The van der Waals surface area contributed by atoms with Crippen molar-refractivity contribution >= 4 is 38.6 Å². The van der Waals surface area contributed by atoms with E-state index in [1.54, 1.807) is 0 Å². The fourth-order valence-electron chi connectivity index (χ4n) is 10.3. The van der Waals surface area contributed by atoms with Crippen molar-refractivity contribution in [2.75, 3.05) is 4.90 Å². The molecule has 2 aliphatic rings. The highest BCUT2D eigenvalue weighted by atomic mass is 15.1. The molecule has 0 N–H and O–H groups in total. The van der Waals surface area contributed by atoms with Crippen LogP contribution in [0.3, 0.4) is 0 Å². The molecule has 2 heterocycles. The Kier molecular flexibility index (Phi) is 7.91. The molecule has 0 bridgehead atoms. The van der Waals surface area contributed by atoms with E-state index in [1.165, 1.54) is 77.2 Å². The number of anilines is 3. The summed E-state index contributed by atoms with van der Waals surface area (Å²) < 4.78 is 0. The Morgan fingerprint density at radius 1 is 0.254 bits per heavy atom. The Morgan fingerprint density at radius 3 is 1.08 bits per heavy atom. The van der Waals surface area contributed by atoms with Gasteiger partial charge in [-0.1, -0.05) is 146 Å². The molecule has 11 aromatic rings. The molecular weight excluding hydrogens is 763 g/mol. The van der Waals surface area contributed by atoms with Crippen LogP contribution in [0.1, 0.15) is 0 Å². The first-order valence-corrected chi connectivity index (χ1v) is 21.5. The molecule has 9 aromatic carbocycles. The number of nitrogens with zero attached hydrogens (tertiary/aromatic N) is 3. The average Bonchev–Trinajstić information content (AvgIpc) is 3.87. The van der Waals surface area contributed by atoms with E-state index in [0.717, 1.165) is 50.4 Å². The molecular formula is C60H37N3. The minimum absolute atomic E-state index is 1.04. The SMILES string of the molecule is c1cncc(-c2cc(-c3cccnc3)cc(N(c3cccc(-c4ccc5c6c(cccc46)-c4ccccc4-5)c3)c3cccc(-c4ccc5c6c(cccc46)-c4ccccc4-5)c3)c2)c1. The molecule has 0 amide bonds. The molecule has 0 aliphatic heterocycles. The molecule has 63 heavy (non-hydrogen) atoms. The lowest BCUT2D eigenvalue weighted by Gasteiger charge is -2.28. The molecule has 0 spiro atoms. The number of hydrogen-bond acceptors (Lipinski definition) is 3. The van der Waals surface area contributed by atoms with Gasteiger partial charge in [0.1, 0.15) is 0 Å². The van der Waals surface area contributed by atoms with Crippen LogP contribution in [0.4, 0.5) is 17.1 Å². The maximum atomic E-state index is 4.53. The molecule has 292 valence electrons. The van der Waals surface area contributed by atoms with Gasteiger partial charge in [-0.15, -0.1) is 0 Å². The Hall–Kier alpha value is -8.40. The third-order valence-electron chi connectivity index (χ3n) is 13.1. The highest BCUT2D eigenvalue weighted by Crippen LogP contribution is 2.52. The van der Waals surface area contributed by atoms with E-state index in [1.807, 2.05) is 36.9 Å². The van der Waals surface area contributed by atoms with Crippen LogP contribution in [-0.2, 0) is 0 Å². The number of benzene rings is 9. The first-order valence-electron chi connectivity index (χ1n) is 21.5. The third-order valence-corrected chi connectivity index (χ3v) is 13.1. The molecule has 0 fully saturated rings. The van der Waals surface area contributed by atoms with E-state index < -0.39 is 0 Å². The number of aromatic nitrogens is 2. The zero-order valence-electron chi connectivity index (χ0n) is 34.2. The van der Waals surface area contributed by atoms with Crippen molar-refractivity contribution in [3.63, 3.8) is 0 Å². The summed E-state index contributed by atoms with van der Waals surface area (Å²) in [7, 11) is 0. The largest absolute Gasteiger partial charge is 0.310 e. The Labute approximate surface area is 365 Å². The van der Waals surface area contributed by atoms with Crippen LogP contribution in [0, 0.1) is 0 Å². The highest BCUT2D eigenvalue weighted by molar-refractivity contribution is 6.20. The summed E-state index contributed by atoms with van der Waals surface area (Å²) in [5, 5.41) is 5.17. The number of hydrogen-bond donors (Lipinski definition) is 0. The van der Waals surface area contributed by atoms with Crippen LogP contribution in [-0.4, -0.2) is 9.97 Å². The summed E-state index contributed by atoms with van der Waals surface area (Å²) >= 11 is 0. The lowest BCUT2D eigenvalue weighted by atomic mass is 9.93. The van der Waals surface area contributed by atoms with Gasteiger partial charge in [0.25, 0.3) is 0 Å². The zero-order valence-corrected chi connectivity index (χ0v) is 34.2. The Balaban J connectivity index is 1.02. The second kappa shape index (κ2) is 14.1. The maximum Gasteiger partial charge on any atom is 0.0474 e. The van der Waals surface area contributed by atoms with Crippen LogP contribution in [0.2, 0.25) is 0 Å². The van der Waals surface area contributed by atoms with Crippen molar-refractivity contribution in [1.82, 2.24) is 9.97 Å². The second-order valence-electron chi connectivity index (χ2n) is 16.6. The quantitative estimate of drug-likeness (QED) is 0.161. The molecule has 0 unspecified atom stereocenters. The Bertz CT molecular complexity index is 3330. The summed E-state index contributed by atoms with van der Waals surface area (Å²) in [5.74, 6) is 0. The van der Waals surface area contributed by atoms with Crippen molar-refractivity contribution in [3.05, 3.63) is 225 Å². The fraction of sp³-hybridized carbons (Fsp3) is 0. The standard InChI is InChI=1S/C60H37N3/c1-3-19-51-49(17-1)55-23-7-21-53-47(25-27-57(51)59(53)55)38-11-5-15-44(32-38)63(46-34-42(40-13-9-29-61-36-40)31-43(35-46)41-14-10-30-62-37-41)45-16-6-12-39(33-45)48-26-28-58-52-20-4-2-18-50(52)56-24-8-22-54(48)60(56)58/h1-37H. The number of fused-ring (bicyclic) bond motifs is 6. The van der Waals surface area contributed by atoms with Crippen LogP contribution in [0.15, 0.2) is 225 Å². The van der Waals surface area contributed by atoms with E-state index in [-0.39, 0.29) is 0 Å². The molecule has 0 atom stereocenters. The predicted octanol–water partition coefficient (Wildman–Crippen LogP) is 16.2. The molecule has 2 aliphatic carbocycles. The van der Waals surface area contributed by atoms with E-state index in [9.17, 15) is 0 Å². The molecule has 13 rings (SSSR count). The van der Waals surface area contributed by atoms with Crippen LogP contribution in [0.25, 0.3) is 111 Å². The van der Waals surface area contributed by atoms with Crippen LogP contribution < -0.4 is 4.90 Å². The lowest BCUT2D eigenvalue weighted by molar-refractivity contribution is 1.28. The van der Waals surface area contributed by atoms with E-state index in [4.69, 9.17) is 0 Å². The molecule has 0 saturated carbocycles. The van der Waals surface area contributed by atoms with E-state index in [2.05, 4.69) is 203 Å². The van der Waals surface area contributed by atoms with Gasteiger partial charge in [-0.05, 0) is 154 Å². The van der Waals surface area contributed by atoms with Gasteiger partial charge in [0.2, 0.25) is 0 Å². The van der Waals surface area contributed by atoms with Gasteiger partial charge >= 0.3 is 0 Å². The first-order chi connectivity index (χ1) is 31.2. The predicted molar refractivity (Wildman–Crippen MR) is 262 cm³/mol. The molecule has 3 heteroatoms. The van der Waals surface area contributed by atoms with Gasteiger partial charge in [-0.2, -0.15) is 0 Å². The third kappa shape index (κ3) is 5.60. The van der Waals surface area contributed by atoms with E-state index >= 15 is 0 Å². The molecule has 2 aromatic heterocycles. The van der Waals surface area contributed by atoms with Crippen molar-refractivity contribution in [1.29, 1.82) is 0 Å². The summed E-state index contributed by atoms with van der Waals surface area (Å²) in [6.45, 7) is 0. The lowest BCUT2D eigenvalue weighted by Crippen LogP contribution is -2.10. The number of pyridine rings is 2. The van der Waals surface area contributed by atoms with Crippen LogP contribution in [0.5, 0.6) is 0 Å². The van der Waals surface area contributed by atoms with Crippen molar-refractivity contribution in [3.8, 4) is 89.0 Å². The maximum absolute atomic E-state index is 4.53. The van der Waals surface area contributed by atoms with Gasteiger partial charge in [-0.3, -0.25) is 9.97 Å². The summed E-state index contributed by atoms with van der Waals surface area (Å²) in [4.78, 5) is 11.5. The van der Waals surface area contributed by atoms with E-state index in [0.29, 0.717) is 0 Å². The minimum Gasteiger partial charge on any atom is -0.310 e. The fourth-order valence-corrected chi connectivity index (χ4v) is 10.3. The summed E-state index contributed by atoms with van der Waals surface area (Å²) in [6, 6.07) is 73.5. The molecule has 3 nitrogen and oxygen atoms in total. The van der Waals surface area contributed by atoms with Gasteiger partial charge < -0.3 is 4.90 Å². The Morgan fingerprint density at radius 2 is 0.635 bits per heavy atom. The summed E-state index contributed by atoms with van der Waals surface area (Å²) in [5.41, 5.74) is 22.6. The average molecular weight is 800 g/mol. The first kappa shape index (κ1) is 35.4. The number of rotatable bonds is 7. The normalized spacial score (nSPS) is 11.8. The van der Waals surface area contributed by atoms with Crippen LogP contribution >= 0.6 is 0 Å². The monoisotopic (exact) mass is 799 g/mol. The molecule has 0 radical (unpaired) electrons. The van der Waals surface area contributed by atoms with Gasteiger partial charge in [-0.25, -0.2) is 0 Å². The van der Waals surface area contributed by atoms with Gasteiger partial charge in [0, 0.05) is 53.0 Å². The summed E-state index contributed by atoms with van der Waals surface area (Å²) in [6.07, 6.45) is 7.55. The molecule has 0 saturated heterocycles. The topological polar surface area (TPSA) is 29.0 Å². The minimum atomic E-state index is 1.04. The van der Waals surface area contributed by atoms with Gasteiger partial charge in [0.05, 0.1) is 0 Å². The van der Waals surface area contributed by atoms with Crippen molar-refractivity contribution in [2.24, 2.45) is 0 Å². The smallest absolute Gasteiger partial charge is 0.0474 e.